The fourth-order valence-electron chi connectivity index (χ4n) is 1.61. The number of nitrogens with one attached hydrogen (secondary N) is 1. The fourth-order valence-corrected chi connectivity index (χ4v) is 1.83. The van der Waals surface area contributed by atoms with Gasteiger partial charge >= 0.3 is 0 Å². The number of hydrogen-bond donors (Lipinski definition) is 1. The first kappa shape index (κ1) is 12.5. The predicted octanol–water partition coefficient (Wildman–Crippen LogP) is 3.51. The molecule has 0 aliphatic carbocycles. The molecule has 0 aromatic heterocycles. The van der Waals surface area contributed by atoms with Crippen molar-refractivity contribution < 1.29 is 4.74 Å². The van der Waals surface area contributed by atoms with Gasteiger partial charge in [-0.05, 0) is 44.0 Å². The number of benzene rings is 1. The Labute approximate surface area is 100 Å². The van der Waals surface area contributed by atoms with Crippen molar-refractivity contribution in [2.45, 2.75) is 26.8 Å². The fraction of sp³-hybridized carbons (Fsp3) is 0.500. The first-order valence-corrected chi connectivity index (χ1v) is 5.86. The average molecular weight is 272 g/mol. The van der Waals surface area contributed by atoms with Crippen LogP contribution in [0.25, 0.3) is 0 Å². The van der Waals surface area contributed by atoms with E-state index in [0.717, 1.165) is 5.69 Å². The monoisotopic (exact) mass is 271 g/mol. The van der Waals surface area contributed by atoms with Crippen LogP contribution >= 0.6 is 15.9 Å². The Hall–Kier alpha value is -0.540. The van der Waals surface area contributed by atoms with Crippen LogP contribution in [-0.4, -0.2) is 19.8 Å². The van der Waals surface area contributed by atoms with Gasteiger partial charge in [-0.15, -0.1) is 0 Å². The molecule has 84 valence electrons. The van der Waals surface area contributed by atoms with Gasteiger partial charge in [0.05, 0.1) is 6.61 Å². The molecule has 1 aromatic carbocycles. The smallest absolute Gasteiger partial charge is 0.0661 e. The van der Waals surface area contributed by atoms with Crippen molar-refractivity contribution in [2.75, 3.05) is 19.0 Å². The number of aryl methyl sites for hydroxylation is 2. The number of halogens is 1. The third-order valence-electron chi connectivity index (χ3n) is 2.27. The second-order valence-electron chi connectivity index (χ2n) is 3.92. The first-order valence-electron chi connectivity index (χ1n) is 5.06. The molecule has 1 N–H and O–H groups in total. The summed E-state index contributed by atoms with van der Waals surface area (Å²) in [5.41, 5.74) is 3.65. The summed E-state index contributed by atoms with van der Waals surface area (Å²) in [5.74, 6) is 0. The molecule has 0 radical (unpaired) electrons. The lowest BCUT2D eigenvalue weighted by molar-refractivity contribution is 0.190. The third kappa shape index (κ3) is 3.50. The van der Waals surface area contributed by atoms with Crippen LogP contribution in [0.15, 0.2) is 16.6 Å². The first-order chi connectivity index (χ1) is 7.04. The Balaban J connectivity index is 2.78. The Morgan fingerprint density at radius 3 is 2.33 bits per heavy atom. The van der Waals surface area contributed by atoms with E-state index < -0.39 is 0 Å². The molecular formula is C12H18BrNO. The number of hydrogen-bond acceptors (Lipinski definition) is 2. The van der Waals surface area contributed by atoms with Gasteiger partial charge in [-0.2, -0.15) is 0 Å². The third-order valence-corrected chi connectivity index (χ3v) is 3.52. The second kappa shape index (κ2) is 5.52. The van der Waals surface area contributed by atoms with E-state index >= 15 is 0 Å². The molecule has 1 aromatic rings. The molecule has 0 amide bonds. The highest BCUT2D eigenvalue weighted by molar-refractivity contribution is 9.10. The minimum Gasteiger partial charge on any atom is -0.383 e. The molecule has 3 heteroatoms. The number of methoxy groups -OCH3 is 1. The molecule has 0 fully saturated rings. The molecule has 1 rings (SSSR count). The molecule has 0 saturated carbocycles. The van der Waals surface area contributed by atoms with Gasteiger partial charge in [0.1, 0.15) is 0 Å². The molecule has 0 saturated heterocycles. The zero-order valence-electron chi connectivity index (χ0n) is 9.73. The van der Waals surface area contributed by atoms with E-state index in [0.29, 0.717) is 12.6 Å². The molecule has 0 heterocycles. The normalized spacial score (nSPS) is 12.6. The van der Waals surface area contributed by atoms with Gasteiger partial charge in [0.15, 0.2) is 0 Å². The summed E-state index contributed by atoms with van der Waals surface area (Å²) in [6.07, 6.45) is 0. The molecule has 2 nitrogen and oxygen atoms in total. The van der Waals surface area contributed by atoms with Gasteiger partial charge in [-0.25, -0.2) is 0 Å². The highest BCUT2D eigenvalue weighted by Gasteiger charge is 2.05. The highest BCUT2D eigenvalue weighted by Crippen LogP contribution is 2.25. The maximum absolute atomic E-state index is 5.09. The largest absolute Gasteiger partial charge is 0.383 e. The summed E-state index contributed by atoms with van der Waals surface area (Å²) < 4.78 is 6.28. The predicted molar refractivity (Wildman–Crippen MR) is 68.6 cm³/mol. The van der Waals surface area contributed by atoms with Crippen LogP contribution in [0.3, 0.4) is 0 Å². The number of rotatable bonds is 4. The van der Waals surface area contributed by atoms with E-state index in [1.54, 1.807) is 7.11 Å². The lowest BCUT2D eigenvalue weighted by Crippen LogP contribution is -2.20. The van der Waals surface area contributed by atoms with Crippen LogP contribution in [-0.2, 0) is 4.74 Å². The van der Waals surface area contributed by atoms with Gasteiger partial charge in [-0.1, -0.05) is 15.9 Å². The van der Waals surface area contributed by atoms with Crippen LogP contribution in [0.1, 0.15) is 18.1 Å². The van der Waals surface area contributed by atoms with E-state index in [-0.39, 0.29) is 0 Å². The van der Waals surface area contributed by atoms with Crippen molar-refractivity contribution in [1.29, 1.82) is 0 Å². The Bertz CT molecular complexity index is 315. The van der Waals surface area contributed by atoms with Gasteiger partial charge in [-0.3, -0.25) is 0 Å². The Morgan fingerprint density at radius 2 is 1.87 bits per heavy atom. The standard InChI is InChI=1S/C12H18BrNO/c1-8-5-11(6-9(2)12(8)13)14-10(3)7-15-4/h5-6,10,14H,7H2,1-4H3. The lowest BCUT2D eigenvalue weighted by atomic mass is 10.1. The maximum atomic E-state index is 5.09. The Kier molecular flexibility index (Phi) is 4.61. The van der Waals surface area contributed by atoms with Crippen LogP contribution in [0.2, 0.25) is 0 Å². The van der Waals surface area contributed by atoms with Crippen molar-refractivity contribution in [2.24, 2.45) is 0 Å². The number of ether oxygens (including phenoxy) is 1. The summed E-state index contributed by atoms with van der Waals surface area (Å²) in [7, 11) is 1.72. The molecule has 1 unspecified atom stereocenters. The molecular weight excluding hydrogens is 254 g/mol. The zero-order chi connectivity index (χ0) is 11.4. The number of anilines is 1. The quantitative estimate of drug-likeness (QED) is 0.905. The second-order valence-corrected chi connectivity index (χ2v) is 4.72. The van der Waals surface area contributed by atoms with Crippen molar-refractivity contribution in [3.05, 3.63) is 27.7 Å². The van der Waals surface area contributed by atoms with Crippen LogP contribution < -0.4 is 5.32 Å². The zero-order valence-corrected chi connectivity index (χ0v) is 11.3. The van der Waals surface area contributed by atoms with Gasteiger partial charge in [0.25, 0.3) is 0 Å². The van der Waals surface area contributed by atoms with Gasteiger partial charge in [0, 0.05) is 23.3 Å². The van der Waals surface area contributed by atoms with Crippen LogP contribution in [0.4, 0.5) is 5.69 Å². The van der Waals surface area contributed by atoms with E-state index in [4.69, 9.17) is 4.74 Å². The van der Waals surface area contributed by atoms with Crippen molar-refractivity contribution in [3.8, 4) is 0 Å². The summed E-state index contributed by atoms with van der Waals surface area (Å²) >= 11 is 3.56. The van der Waals surface area contributed by atoms with Crippen molar-refractivity contribution >= 4 is 21.6 Å². The summed E-state index contributed by atoms with van der Waals surface area (Å²) in [5, 5.41) is 3.41. The highest BCUT2D eigenvalue weighted by atomic mass is 79.9. The summed E-state index contributed by atoms with van der Waals surface area (Å²) in [6.45, 7) is 7.02. The molecule has 0 aliphatic heterocycles. The van der Waals surface area contributed by atoms with Crippen LogP contribution in [0, 0.1) is 13.8 Å². The van der Waals surface area contributed by atoms with Gasteiger partial charge < -0.3 is 10.1 Å². The van der Waals surface area contributed by atoms with E-state index in [1.165, 1.54) is 15.6 Å². The molecule has 1 atom stereocenters. The molecule has 0 bridgehead atoms. The van der Waals surface area contributed by atoms with Crippen LogP contribution in [0.5, 0.6) is 0 Å². The summed E-state index contributed by atoms with van der Waals surface area (Å²) in [4.78, 5) is 0. The lowest BCUT2D eigenvalue weighted by Gasteiger charge is -2.16. The molecule has 0 aliphatic rings. The minimum atomic E-state index is 0.329. The van der Waals surface area contributed by atoms with Gasteiger partial charge in [0.2, 0.25) is 0 Å². The van der Waals surface area contributed by atoms with Crippen molar-refractivity contribution in [1.82, 2.24) is 0 Å². The molecule has 15 heavy (non-hydrogen) atoms. The van der Waals surface area contributed by atoms with E-state index in [2.05, 4.69) is 54.2 Å². The topological polar surface area (TPSA) is 21.3 Å². The SMILES string of the molecule is COCC(C)Nc1cc(C)c(Br)c(C)c1. The molecule has 0 spiro atoms. The van der Waals surface area contributed by atoms with E-state index in [9.17, 15) is 0 Å². The average Bonchev–Trinajstić information content (AvgIpc) is 2.14. The van der Waals surface area contributed by atoms with Crippen molar-refractivity contribution in [3.63, 3.8) is 0 Å². The Morgan fingerprint density at radius 1 is 1.33 bits per heavy atom. The van der Waals surface area contributed by atoms with E-state index in [1.807, 2.05) is 0 Å². The summed E-state index contributed by atoms with van der Waals surface area (Å²) in [6, 6.07) is 4.61. The maximum Gasteiger partial charge on any atom is 0.0661 e. The minimum absolute atomic E-state index is 0.329.